The average Bonchev–Trinajstić information content (AvgIpc) is 2.60. The van der Waals surface area contributed by atoms with E-state index in [4.69, 9.17) is 5.73 Å². The fraction of sp³-hybridized carbons (Fsp3) is 0.556. The molecule has 1 fully saturated rings. The van der Waals surface area contributed by atoms with Crippen LogP contribution in [0.5, 0.6) is 0 Å². The molecule has 0 atom stereocenters. The number of urea groups is 1. The molecule has 2 rings (SSSR count). The Labute approximate surface area is 144 Å². The van der Waals surface area contributed by atoms with E-state index < -0.39 is 6.03 Å². The molecular formula is C18H28N4O2. The van der Waals surface area contributed by atoms with Crippen molar-refractivity contribution in [2.75, 3.05) is 39.3 Å². The van der Waals surface area contributed by atoms with Crippen LogP contribution >= 0.6 is 0 Å². The average molecular weight is 332 g/mol. The first-order valence-electron chi connectivity index (χ1n) is 8.72. The highest BCUT2D eigenvalue weighted by Crippen LogP contribution is 2.08. The number of amides is 3. The van der Waals surface area contributed by atoms with Crippen LogP contribution in [0.2, 0.25) is 0 Å². The lowest BCUT2D eigenvalue weighted by Gasteiger charge is -2.34. The van der Waals surface area contributed by atoms with E-state index in [0.717, 1.165) is 52.0 Å². The summed E-state index contributed by atoms with van der Waals surface area (Å²) in [7, 11) is 0. The Morgan fingerprint density at radius 2 is 1.75 bits per heavy atom. The topological polar surface area (TPSA) is 78.7 Å². The first kappa shape index (κ1) is 18.3. The molecule has 1 heterocycles. The van der Waals surface area contributed by atoms with Crippen LogP contribution < -0.4 is 11.1 Å². The van der Waals surface area contributed by atoms with Crippen molar-refractivity contribution in [3.8, 4) is 0 Å². The van der Waals surface area contributed by atoms with Gasteiger partial charge >= 0.3 is 6.03 Å². The second-order valence-electron chi connectivity index (χ2n) is 6.21. The van der Waals surface area contributed by atoms with Gasteiger partial charge in [0.2, 0.25) is 5.91 Å². The van der Waals surface area contributed by atoms with Crippen LogP contribution in [0.3, 0.4) is 0 Å². The Morgan fingerprint density at radius 1 is 1.04 bits per heavy atom. The summed E-state index contributed by atoms with van der Waals surface area (Å²) >= 11 is 0. The monoisotopic (exact) mass is 332 g/mol. The van der Waals surface area contributed by atoms with Crippen LogP contribution in [0.4, 0.5) is 4.79 Å². The van der Waals surface area contributed by atoms with Crippen molar-refractivity contribution in [3.63, 3.8) is 0 Å². The summed E-state index contributed by atoms with van der Waals surface area (Å²) in [5.74, 6) is 0.219. The minimum Gasteiger partial charge on any atom is -0.352 e. The van der Waals surface area contributed by atoms with Gasteiger partial charge in [-0.3, -0.25) is 9.69 Å². The molecule has 0 aliphatic carbocycles. The third kappa shape index (κ3) is 6.58. The van der Waals surface area contributed by atoms with Gasteiger partial charge in [0.15, 0.2) is 0 Å². The van der Waals surface area contributed by atoms with Crippen molar-refractivity contribution < 1.29 is 9.59 Å². The summed E-state index contributed by atoms with van der Waals surface area (Å²) in [5, 5.41) is 2.54. The van der Waals surface area contributed by atoms with E-state index in [0.29, 0.717) is 13.0 Å². The van der Waals surface area contributed by atoms with Crippen molar-refractivity contribution >= 4 is 11.9 Å². The number of rotatable bonds is 8. The largest absolute Gasteiger partial charge is 0.352 e. The third-order valence-electron chi connectivity index (χ3n) is 4.40. The maximum Gasteiger partial charge on any atom is 0.312 e. The number of hydrogen-bond donors (Lipinski definition) is 2. The summed E-state index contributed by atoms with van der Waals surface area (Å²) in [5.41, 5.74) is 6.36. The van der Waals surface area contributed by atoms with Gasteiger partial charge in [-0.25, -0.2) is 4.79 Å². The van der Waals surface area contributed by atoms with Gasteiger partial charge < -0.3 is 16.0 Å². The molecule has 1 aromatic carbocycles. The van der Waals surface area contributed by atoms with Crippen LogP contribution in [0.25, 0.3) is 0 Å². The minimum absolute atomic E-state index is 0.219. The van der Waals surface area contributed by atoms with E-state index in [2.05, 4.69) is 34.5 Å². The zero-order valence-corrected chi connectivity index (χ0v) is 14.2. The molecule has 0 spiro atoms. The lowest BCUT2D eigenvalue weighted by atomic mass is 10.1. The molecule has 132 valence electrons. The normalized spacial score (nSPS) is 15.2. The highest BCUT2D eigenvalue weighted by atomic mass is 16.2. The molecule has 1 aliphatic rings. The third-order valence-corrected chi connectivity index (χ3v) is 4.40. The lowest BCUT2D eigenvalue weighted by molar-refractivity contribution is -0.133. The van der Waals surface area contributed by atoms with Gasteiger partial charge in [-0.05, 0) is 24.8 Å². The van der Waals surface area contributed by atoms with Crippen LogP contribution in [-0.2, 0) is 11.2 Å². The molecule has 0 saturated carbocycles. The summed E-state index contributed by atoms with van der Waals surface area (Å²) < 4.78 is 0. The molecule has 3 N–H and O–H groups in total. The lowest BCUT2D eigenvalue weighted by Crippen LogP contribution is -2.49. The molecule has 0 aromatic heterocycles. The Kier molecular flexibility index (Phi) is 7.55. The van der Waals surface area contributed by atoms with Crippen LogP contribution in [0.15, 0.2) is 30.3 Å². The van der Waals surface area contributed by atoms with Gasteiger partial charge in [0.25, 0.3) is 0 Å². The number of primary amides is 1. The number of benzene rings is 1. The Bertz CT molecular complexity index is 513. The molecular weight excluding hydrogens is 304 g/mol. The molecule has 1 aromatic rings. The van der Waals surface area contributed by atoms with Gasteiger partial charge in [-0.2, -0.15) is 0 Å². The van der Waals surface area contributed by atoms with Crippen molar-refractivity contribution in [2.24, 2.45) is 5.73 Å². The number of piperazine rings is 1. The zero-order chi connectivity index (χ0) is 17.2. The fourth-order valence-corrected chi connectivity index (χ4v) is 2.92. The number of nitrogens with one attached hydrogen (secondary N) is 1. The summed E-state index contributed by atoms with van der Waals surface area (Å²) in [6.45, 7) is 5.10. The van der Waals surface area contributed by atoms with Gasteiger partial charge in [0, 0.05) is 45.7 Å². The van der Waals surface area contributed by atoms with E-state index in [1.165, 1.54) is 5.56 Å². The van der Waals surface area contributed by atoms with Crippen molar-refractivity contribution in [2.45, 2.75) is 25.7 Å². The van der Waals surface area contributed by atoms with E-state index in [1.54, 1.807) is 0 Å². The van der Waals surface area contributed by atoms with Crippen LogP contribution in [0, 0.1) is 0 Å². The summed E-state index contributed by atoms with van der Waals surface area (Å²) in [4.78, 5) is 27.1. The molecule has 0 radical (unpaired) electrons. The molecule has 0 unspecified atom stereocenters. The van der Waals surface area contributed by atoms with Crippen molar-refractivity contribution in [1.82, 2.24) is 15.1 Å². The SMILES string of the molecule is NC(=O)NCCCCC(=O)N1CCN(CCc2ccccc2)CC1. The predicted molar refractivity (Wildman–Crippen MR) is 94.6 cm³/mol. The maximum absolute atomic E-state index is 12.2. The van der Waals surface area contributed by atoms with E-state index in [9.17, 15) is 9.59 Å². The Morgan fingerprint density at radius 3 is 2.42 bits per heavy atom. The number of hydrogen-bond acceptors (Lipinski definition) is 3. The highest BCUT2D eigenvalue weighted by molar-refractivity contribution is 5.76. The fourth-order valence-electron chi connectivity index (χ4n) is 2.92. The molecule has 6 nitrogen and oxygen atoms in total. The Hall–Kier alpha value is -2.08. The quantitative estimate of drug-likeness (QED) is 0.703. The smallest absolute Gasteiger partial charge is 0.312 e. The maximum atomic E-state index is 12.2. The molecule has 0 bridgehead atoms. The second kappa shape index (κ2) is 9.93. The minimum atomic E-state index is -0.507. The summed E-state index contributed by atoms with van der Waals surface area (Å²) in [6, 6.07) is 10.0. The number of carbonyl (C=O) groups is 2. The van der Waals surface area contributed by atoms with Gasteiger partial charge in [-0.1, -0.05) is 30.3 Å². The zero-order valence-electron chi connectivity index (χ0n) is 14.2. The first-order chi connectivity index (χ1) is 11.6. The molecule has 24 heavy (non-hydrogen) atoms. The number of unbranched alkanes of at least 4 members (excludes halogenated alkanes) is 1. The molecule has 3 amide bonds. The van der Waals surface area contributed by atoms with Gasteiger partial charge in [-0.15, -0.1) is 0 Å². The molecule has 1 aliphatic heterocycles. The number of nitrogens with zero attached hydrogens (tertiary/aromatic N) is 2. The molecule has 6 heteroatoms. The van der Waals surface area contributed by atoms with Gasteiger partial charge in [0.05, 0.1) is 0 Å². The van der Waals surface area contributed by atoms with E-state index in [-0.39, 0.29) is 5.91 Å². The van der Waals surface area contributed by atoms with Crippen molar-refractivity contribution in [1.29, 1.82) is 0 Å². The molecule has 1 saturated heterocycles. The standard InChI is InChI=1S/C18H28N4O2/c19-18(24)20-10-5-4-8-17(23)22-14-12-21(13-15-22)11-9-16-6-2-1-3-7-16/h1-3,6-7H,4-5,8-15H2,(H3,19,20,24). The predicted octanol–water partition coefficient (Wildman–Crippen LogP) is 1.21. The first-order valence-corrected chi connectivity index (χ1v) is 8.72. The van der Waals surface area contributed by atoms with E-state index in [1.807, 2.05) is 11.0 Å². The number of nitrogens with two attached hydrogens (primary N) is 1. The highest BCUT2D eigenvalue weighted by Gasteiger charge is 2.20. The van der Waals surface area contributed by atoms with E-state index >= 15 is 0 Å². The van der Waals surface area contributed by atoms with Crippen LogP contribution in [-0.4, -0.2) is 61.0 Å². The summed E-state index contributed by atoms with van der Waals surface area (Å²) in [6.07, 6.45) is 3.17. The van der Waals surface area contributed by atoms with Gasteiger partial charge in [0.1, 0.15) is 0 Å². The van der Waals surface area contributed by atoms with Crippen LogP contribution in [0.1, 0.15) is 24.8 Å². The van der Waals surface area contributed by atoms with Crippen molar-refractivity contribution in [3.05, 3.63) is 35.9 Å². The second-order valence-corrected chi connectivity index (χ2v) is 6.21. The Balaban J connectivity index is 1.58. The number of carbonyl (C=O) groups excluding carboxylic acids is 2.